The van der Waals surface area contributed by atoms with Crippen LogP contribution >= 0.6 is 0 Å². The highest BCUT2D eigenvalue weighted by Crippen LogP contribution is 2.24. The van der Waals surface area contributed by atoms with Gasteiger partial charge in [-0.3, -0.25) is 4.79 Å². The highest BCUT2D eigenvalue weighted by molar-refractivity contribution is 5.98. The van der Waals surface area contributed by atoms with Crippen molar-refractivity contribution in [2.75, 3.05) is 14.2 Å². The maximum atomic E-state index is 12.6. The number of ether oxygens (including phenoxy) is 1. The summed E-state index contributed by atoms with van der Waals surface area (Å²) in [5.41, 5.74) is 4.39. The SMILES string of the molecule is COc1ccc(-c2nc3ccc(CC(=O)c4ccc([N+](=O)OC)cc4)cc3[nH]2)cc1. The highest BCUT2D eigenvalue weighted by atomic mass is 16.8. The number of nitrogens with one attached hydrogen (secondary N) is 1. The molecule has 1 heterocycles. The van der Waals surface area contributed by atoms with Gasteiger partial charge in [0.2, 0.25) is 0 Å². The Bertz CT molecular complexity index is 1210. The van der Waals surface area contributed by atoms with E-state index in [0.717, 1.165) is 33.7 Å². The maximum Gasteiger partial charge on any atom is 0.316 e. The van der Waals surface area contributed by atoms with Crippen LogP contribution in [0.2, 0.25) is 0 Å². The van der Waals surface area contributed by atoms with E-state index in [0.29, 0.717) is 16.2 Å². The van der Waals surface area contributed by atoms with Crippen LogP contribution in [0.1, 0.15) is 15.9 Å². The number of aromatic amines is 1. The molecule has 0 aliphatic rings. The predicted octanol–water partition coefficient (Wildman–Crippen LogP) is 4.64. The van der Waals surface area contributed by atoms with Crippen LogP contribution in [-0.4, -0.2) is 34.9 Å². The van der Waals surface area contributed by atoms with E-state index in [1.807, 2.05) is 42.5 Å². The summed E-state index contributed by atoms with van der Waals surface area (Å²) in [5.74, 6) is 1.51. The van der Waals surface area contributed by atoms with Crippen molar-refractivity contribution in [1.82, 2.24) is 9.97 Å². The quantitative estimate of drug-likeness (QED) is 0.360. The van der Waals surface area contributed by atoms with E-state index in [-0.39, 0.29) is 12.2 Å². The van der Waals surface area contributed by atoms with Crippen LogP contribution in [0.5, 0.6) is 5.75 Å². The van der Waals surface area contributed by atoms with Crippen molar-refractivity contribution in [2.45, 2.75) is 6.42 Å². The molecule has 3 aromatic carbocycles. The number of hydrogen-bond acceptors (Lipinski definition) is 5. The molecule has 0 radical (unpaired) electrons. The lowest BCUT2D eigenvalue weighted by molar-refractivity contribution is -0.736. The van der Waals surface area contributed by atoms with Crippen LogP contribution in [-0.2, 0) is 11.3 Å². The van der Waals surface area contributed by atoms with Crippen molar-refractivity contribution in [3.63, 3.8) is 0 Å². The van der Waals surface area contributed by atoms with Crippen LogP contribution in [0.4, 0.5) is 5.69 Å². The standard InChI is InChI=1S/C23H20N3O4/c1-29-19-10-6-17(7-11-19)23-24-20-12-3-15(13-21(20)25-23)14-22(27)16-4-8-18(9-5-16)26(28)30-2/h3-13H,14H2,1-2H3,(H,24,25)/q+1. The fourth-order valence-corrected chi connectivity index (χ4v) is 3.21. The van der Waals surface area contributed by atoms with Gasteiger partial charge in [0.25, 0.3) is 4.92 Å². The number of nitrogens with zero attached hydrogens (tertiary/aromatic N) is 2. The van der Waals surface area contributed by atoms with Gasteiger partial charge in [-0.1, -0.05) is 6.07 Å². The Kier molecular flexibility index (Phi) is 5.26. The minimum atomic E-state index is -0.0364. The monoisotopic (exact) mass is 402 g/mol. The van der Waals surface area contributed by atoms with Crippen molar-refractivity contribution in [3.05, 3.63) is 82.8 Å². The van der Waals surface area contributed by atoms with E-state index < -0.39 is 0 Å². The van der Waals surface area contributed by atoms with E-state index in [1.54, 1.807) is 31.4 Å². The van der Waals surface area contributed by atoms with Crippen molar-refractivity contribution < 1.29 is 19.3 Å². The second kappa shape index (κ2) is 8.16. The van der Waals surface area contributed by atoms with Gasteiger partial charge in [0.1, 0.15) is 11.6 Å². The van der Waals surface area contributed by atoms with E-state index in [9.17, 15) is 9.70 Å². The Morgan fingerprint density at radius 3 is 2.40 bits per heavy atom. The Balaban J connectivity index is 1.53. The van der Waals surface area contributed by atoms with Crippen molar-refractivity contribution in [1.29, 1.82) is 0 Å². The van der Waals surface area contributed by atoms with Gasteiger partial charge in [-0.25, -0.2) is 9.82 Å². The largest absolute Gasteiger partial charge is 0.497 e. The molecule has 1 N–H and O–H groups in total. The van der Waals surface area contributed by atoms with Gasteiger partial charge < -0.3 is 9.72 Å². The predicted molar refractivity (Wildman–Crippen MR) is 113 cm³/mol. The van der Waals surface area contributed by atoms with Crippen molar-refractivity contribution in [2.24, 2.45) is 0 Å². The number of benzene rings is 3. The smallest absolute Gasteiger partial charge is 0.316 e. The molecule has 4 rings (SSSR count). The zero-order valence-electron chi connectivity index (χ0n) is 16.6. The summed E-state index contributed by atoms with van der Waals surface area (Å²) in [4.78, 5) is 37.0. The third-order valence-electron chi connectivity index (χ3n) is 4.84. The van der Waals surface area contributed by atoms with Crippen molar-refractivity contribution >= 4 is 22.5 Å². The summed E-state index contributed by atoms with van der Waals surface area (Å²) >= 11 is 0. The summed E-state index contributed by atoms with van der Waals surface area (Å²) in [6.45, 7) is 0. The first kappa shape index (κ1) is 19.3. The maximum absolute atomic E-state index is 12.6. The van der Waals surface area contributed by atoms with Gasteiger partial charge in [-0.15, -0.1) is 0 Å². The van der Waals surface area contributed by atoms with Crippen LogP contribution < -0.4 is 4.74 Å². The first-order valence-electron chi connectivity index (χ1n) is 9.35. The third-order valence-corrected chi connectivity index (χ3v) is 4.84. The fraction of sp³-hybridized carbons (Fsp3) is 0.130. The Morgan fingerprint density at radius 1 is 1.00 bits per heavy atom. The molecule has 0 bridgehead atoms. The molecule has 0 saturated heterocycles. The summed E-state index contributed by atoms with van der Waals surface area (Å²) < 4.78 is 5.19. The van der Waals surface area contributed by atoms with E-state index >= 15 is 0 Å². The van der Waals surface area contributed by atoms with Crippen LogP contribution in [0.3, 0.4) is 0 Å². The number of methoxy groups -OCH3 is 1. The molecular weight excluding hydrogens is 382 g/mol. The number of H-pyrrole nitrogens is 1. The molecule has 0 saturated carbocycles. The third kappa shape index (κ3) is 3.91. The number of fused-ring (bicyclic) bond motifs is 1. The molecule has 7 heteroatoms. The molecule has 150 valence electrons. The van der Waals surface area contributed by atoms with E-state index in [4.69, 9.17) is 4.74 Å². The first-order chi connectivity index (χ1) is 14.6. The Morgan fingerprint density at radius 2 is 1.73 bits per heavy atom. The second-order valence-corrected chi connectivity index (χ2v) is 6.75. The van der Waals surface area contributed by atoms with Gasteiger partial charge in [0.05, 0.1) is 23.1 Å². The summed E-state index contributed by atoms with van der Waals surface area (Å²) in [5, 5.41) is 0. The number of hydrogen-bond donors (Lipinski definition) is 1. The Hall–Kier alpha value is -4.00. The molecule has 4 aromatic rings. The lowest BCUT2D eigenvalue weighted by Crippen LogP contribution is -2.04. The van der Waals surface area contributed by atoms with E-state index in [2.05, 4.69) is 14.8 Å². The molecule has 0 spiro atoms. The van der Waals surface area contributed by atoms with Gasteiger partial charge in [0, 0.05) is 29.7 Å². The average molecular weight is 402 g/mol. The molecule has 0 amide bonds. The van der Waals surface area contributed by atoms with Crippen LogP contribution in [0, 0.1) is 4.91 Å². The molecule has 1 aromatic heterocycles. The molecule has 0 fully saturated rings. The number of carbonyl (C=O) groups is 1. The van der Waals surface area contributed by atoms with Crippen molar-refractivity contribution in [3.8, 4) is 17.1 Å². The Labute approximate surface area is 172 Å². The number of carbonyl (C=O) groups excluding carboxylic acids is 1. The van der Waals surface area contributed by atoms with Crippen LogP contribution in [0.15, 0.2) is 66.7 Å². The van der Waals surface area contributed by atoms with Gasteiger partial charge >= 0.3 is 5.69 Å². The molecule has 7 nitrogen and oxygen atoms in total. The molecule has 0 atom stereocenters. The lowest BCUT2D eigenvalue weighted by atomic mass is 10.0. The van der Waals surface area contributed by atoms with Gasteiger partial charge in [-0.05, 0) is 54.1 Å². The summed E-state index contributed by atoms with van der Waals surface area (Å²) in [6, 6.07) is 19.8. The normalized spacial score (nSPS) is 10.7. The number of Topliss-reactive ketones (excluding diaryl/α,β-unsaturated/α-hetero) is 1. The first-order valence-corrected chi connectivity index (χ1v) is 9.35. The average Bonchev–Trinajstić information content (AvgIpc) is 3.22. The molecule has 30 heavy (non-hydrogen) atoms. The van der Waals surface area contributed by atoms with Gasteiger partial charge in [-0.2, -0.15) is 0 Å². The molecular formula is C23H20N3O4+. The molecule has 0 aliphatic heterocycles. The fourth-order valence-electron chi connectivity index (χ4n) is 3.21. The zero-order valence-corrected chi connectivity index (χ0v) is 16.6. The van der Waals surface area contributed by atoms with Gasteiger partial charge in [0.15, 0.2) is 12.9 Å². The minimum Gasteiger partial charge on any atom is -0.497 e. The molecule has 0 aliphatic carbocycles. The number of rotatable bonds is 7. The van der Waals surface area contributed by atoms with E-state index in [1.165, 1.54) is 7.11 Å². The second-order valence-electron chi connectivity index (χ2n) is 6.75. The number of aromatic nitrogens is 2. The topological polar surface area (TPSA) is 84.3 Å². The summed E-state index contributed by atoms with van der Waals surface area (Å²) in [6.07, 6.45) is 0.248. The number of ketones is 1. The highest BCUT2D eigenvalue weighted by Gasteiger charge is 2.15. The van der Waals surface area contributed by atoms with Crippen LogP contribution in [0.25, 0.3) is 22.4 Å². The number of imidazole rings is 1. The molecule has 0 unspecified atom stereocenters. The minimum absolute atomic E-state index is 0.0364. The zero-order chi connectivity index (χ0) is 21.1. The lowest BCUT2D eigenvalue weighted by Gasteiger charge is -2.02. The summed E-state index contributed by atoms with van der Waals surface area (Å²) in [7, 11) is 2.92.